The SMILES string of the molecule is O=C1CC(C2CCCC2)CCC1=Cc1ccccc1. The number of carbonyl (C=O) groups is 1. The summed E-state index contributed by atoms with van der Waals surface area (Å²) in [5.74, 6) is 1.90. The van der Waals surface area contributed by atoms with Crippen molar-refractivity contribution in [2.24, 2.45) is 11.8 Å². The Bertz CT molecular complexity index is 466. The highest BCUT2D eigenvalue weighted by atomic mass is 16.1. The number of carbonyl (C=O) groups excluding carboxylic acids is 1. The predicted octanol–water partition coefficient (Wildman–Crippen LogP) is 4.63. The number of hydrogen-bond donors (Lipinski definition) is 0. The number of allylic oxidation sites excluding steroid dienone is 1. The molecule has 2 aliphatic carbocycles. The average molecular weight is 254 g/mol. The van der Waals surface area contributed by atoms with Gasteiger partial charge in [0.15, 0.2) is 5.78 Å². The molecule has 2 saturated carbocycles. The molecule has 0 saturated heterocycles. The normalized spacial score (nSPS) is 27.1. The maximum absolute atomic E-state index is 12.3. The second-order valence-electron chi connectivity index (χ2n) is 6.05. The molecule has 1 heteroatoms. The first-order chi connectivity index (χ1) is 9.33. The predicted molar refractivity (Wildman–Crippen MR) is 78.7 cm³/mol. The van der Waals surface area contributed by atoms with E-state index in [0.717, 1.165) is 29.9 Å². The summed E-state index contributed by atoms with van der Waals surface area (Å²) in [6.07, 6.45) is 10.6. The van der Waals surface area contributed by atoms with E-state index in [4.69, 9.17) is 0 Å². The Balaban J connectivity index is 1.67. The molecule has 3 rings (SSSR count). The Kier molecular flexibility index (Phi) is 3.82. The number of Topliss-reactive ketones (excluding diaryl/α,β-unsaturated/α-hetero) is 1. The Hall–Kier alpha value is -1.37. The van der Waals surface area contributed by atoms with E-state index in [9.17, 15) is 4.79 Å². The number of hydrogen-bond acceptors (Lipinski definition) is 1. The lowest BCUT2D eigenvalue weighted by molar-refractivity contribution is -0.118. The monoisotopic (exact) mass is 254 g/mol. The smallest absolute Gasteiger partial charge is 0.159 e. The van der Waals surface area contributed by atoms with Gasteiger partial charge in [-0.3, -0.25) is 4.79 Å². The van der Waals surface area contributed by atoms with Crippen LogP contribution in [0.2, 0.25) is 0 Å². The lowest BCUT2D eigenvalue weighted by atomic mass is 9.76. The summed E-state index contributed by atoms with van der Waals surface area (Å²) in [4.78, 5) is 12.3. The standard InChI is InChI=1S/C18H22O/c19-18-13-16(15-8-4-5-9-15)10-11-17(18)12-14-6-2-1-3-7-14/h1-3,6-7,12,15-16H,4-5,8-11,13H2. The molecule has 0 heterocycles. The molecule has 0 aliphatic heterocycles. The van der Waals surface area contributed by atoms with Crippen molar-refractivity contribution in [2.75, 3.05) is 0 Å². The molecule has 0 radical (unpaired) electrons. The van der Waals surface area contributed by atoms with Crippen molar-refractivity contribution in [3.8, 4) is 0 Å². The summed E-state index contributed by atoms with van der Waals surface area (Å²) in [5, 5.41) is 0. The van der Waals surface area contributed by atoms with Crippen LogP contribution in [0.1, 0.15) is 50.5 Å². The van der Waals surface area contributed by atoms with Crippen molar-refractivity contribution >= 4 is 11.9 Å². The first-order valence-electron chi connectivity index (χ1n) is 7.62. The van der Waals surface area contributed by atoms with Crippen LogP contribution in [0.15, 0.2) is 35.9 Å². The second-order valence-corrected chi connectivity index (χ2v) is 6.05. The fourth-order valence-electron chi connectivity index (χ4n) is 3.69. The maximum Gasteiger partial charge on any atom is 0.159 e. The highest BCUT2D eigenvalue weighted by molar-refractivity contribution is 6.00. The Morgan fingerprint density at radius 3 is 2.37 bits per heavy atom. The summed E-state index contributed by atoms with van der Waals surface area (Å²) in [6, 6.07) is 10.2. The van der Waals surface area contributed by atoms with Gasteiger partial charge < -0.3 is 0 Å². The Morgan fingerprint density at radius 1 is 0.947 bits per heavy atom. The zero-order chi connectivity index (χ0) is 13.1. The van der Waals surface area contributed by atoms with Crippen molar-refractivity contribution in [2.45, 2.75) is 44.9 Å². The first-order valence-corrected chi connectivity index (χ1v) is 7.62. The van der Waals surface area contributed by atoms with Crippen molar-refractivity contribution in [1.29, 1.82) is 0 Å². The zero-order valence-electron chi connectivity index (χ0n) is 11.5. The molecule has 1 unspecified atom stereocenters. The third-order valence-electron chi connectivity index (χ3n) is 4.80. The fraction of sp³-hybridized carbons (Fsp3) is 0.500. The van der Waals surface area contributed by atoms with Gasteiger partial charge >= 0.3 is 0 Å². The molecule has 0 aromatic heterocycles. The van der Waals surface area contributed by atoms with Crippen molar-refractivity contribution < 1.29 is 4.79 Å². The summed E-state index contributed by atoms with van der Waals surface area (Å²) >= 11 is 0. The Morgan fingerprint density at radius 2 is 1.68 bits per heavy atom. The van der Waals surface area contributed by atoms with Crippen LogP contribution < -0.4 is 0 Å². The summed E-state index contributed by atoms with van der Waals surface area (Å²) in [6.45, 7) is 0. The molecule has 2 fully saturated rings. The lowest BCUT2D eigenvalue weighted by Gasteiger charge is -2.27. The van der Waals surface area contributed by atoms with Gasteiger partial charge in [-0.2, -0.15) is 0 Å². The third kappa shape index (κ3) is 2.97. The molecule has 1 atom stereocenters. The van der Waals surface area contributed by atoms with E-state index in [0.29, 0.717) is 11.7 Å². The molecule has 0 amide bonds. The Labute approximate surface area is 115 Å². The molecule has 19 heavy (non-hydrogen) atoms. The molecular formula is C18H22O. The third-order valence-corrected chi connectivity index (χ3v) is 4.80. The van der Waals surface area contributed by atoms with Crippen molar-refractivity contribution in [3.63, 3.8) is 0 Å². The lowest BCUT2D eigenvalue weighted by Crippen LogP contribution is -2.22. The van der Waals surface area contributed by atoms with Gasteiger partial charge in [0, 0.05) is 6.42 Å². The topological polar surface area (TPSA) is 17.1 Å². The van der Waals surface area contributed by atoms with Gasteiger partial charge in [-0.15, -0.1) is 0 Å². The first kappa shape index (κ1) is 12.7. The summed E-state index contributed by atoms with van der Waals surface area (Å²) in [5.41, 5.74) is 2.20. The van der Waals surface area contributed by atoms with Gasteiger partial charge in [0.1, 0.15) is 0 Å². The molecule has 0 N–H and O–H groups in total. The summed E-state index contributed by atoms with van der Waals surface area (Å²) < 4.78 is 0. The molecule has 0 bridgehead atoms. The van der Waals surface area contributed by atoms with Gasteiger partial charge in [0.2, 0.25) is 0 Å². The highest BCUT2D eigenvalue weighted by Gasteiger charge is 2.31. The molecule has 1 nitrogen and oxygen atoms in total. The molecule has 2 aliphatic rings. The van der Waals surface area contributed by atoms with Gasteiger partial charge in [-0.05, 0) is 41.9 Å². The minimum atomic E-state index is 0.395. The van der Waals surface area contributed by atoms with Crippen LogP contribution in [0.3, 0.4) is 0 Å². The number of rotatable bonds is 2. The molecular weight excluding hydrogens is 232 g/mol. The number of benzene rings is 1. The summed E-state index contributed by atoms with van der Waals surface area (Å²) in [7, 11) is 0. The molecule has 0 spiro atoms. The van der Waals surface area contributed by atoms with Crippen LogP contribution in [-0.4, -0.2) is 5.78 Å². The van der Waals surface area contributed by atoms with E-state index in [-0.39, 0.29) is 0 Å². The fourth-order valence-corrected chi connectivity index (χ4v) is 3.69. The van der Waals surface area contributed by atoms with Crippen LogP contribution in [0.5, 0.6) is 0 Å². The van der Waals surface area contributed by atoms with E-state index >= 15 is 0 Å². The van der Waals surface area contributed by atoms with Gasteiger partial charge in [-0.1, -0.05) is 56.0 Å². The minimum absolute atomic E-state index is 0.395. The van der Waals surface area contributed by atoms with Gasteiger partial charge in [-0.25, -0.2) is 0 Å². The molecule has 100 valence electrons. The second kappa shape index (κ2) is 5.73. The molecule has 1 aromatic rings. The van der Waals surface area contributed by atoms with Crippen molar-refractivity contribution in [3.05, 3.63) is 41.5 Å². The largest absolute Gasteiger partial charge is 0.295 e. The number of ketones is 1. The van der Waals surface area contributed by atoms with E-state index in [2.05, 4.69) is 18.2 Å². The average Bonchev–Trinajstić information content (AvgIpc) is 2.96. The van der Waals surface area contributed by atoms with Crippen LogP contribution in [0.4, 0.5) is 0 Å². The van der Waals surface area contributed by atoms with Crippen molar-refractivity contribution in [1.82, 2.24) is 0 Å². The van der Waals surface area contributed by atoms with E-state index in [1.54, 1.807) is 0 Å². The van der Waals surface area contributed by atoms with Crippen LogP contribution >= 0.6 is 0 Å². The molecule has 1 aromatic carbocycles. The van der Waals surface area contributed by atoms with E-state index in [1.165, 1.54) is 32.1 Å². The van der Waals surface area contributed by atoms with Crippen LogP contribution in [0, 0.1) is 11.8 Å². The maximum atomic E-state index is 12.3. The van der Waals surface area contributed by atoms with Crippen LogP contribution in [0.25, 0.3) is 6.08 Å². The zero-order valence-corrected chi connectivity index (χ0v) is 11.5. The van der Waals surface area contributed by atoms with Gasteiger partial charge in [0.25, 0.3) is 0 Å². The van der Waals surface area contributed by atoms with E-state index in [1.807, 2.05) is 18.2 Å². The van der Waals surface area contributed by atoms with E-state index < -0.39 is 0 Å². The van der Waals surface area contributed by atoms with Crippen LogP contribution in [-0.2, 0) is 4.79 Å². The minimum Gasteiger partial charge on any atom is -0.295 e. The quantitative estimate of drug-likeness (QED) is 0.703. The highest BCUT2D eigenvalue weighted by Crippen LogP contribution is 2.39. The van der Waals surface area contributed by atoms with Gasteiger partial charge in [0.05, 0.1) is 0 Å².